The van der Waals surface area contributed by atoms with E-state index in [1.807, 2.05) is 12.4 Å². The molecule has 2 aromatic rings. The number of ether oxygens (including phenoxy) is 1. The van der Waals surface area contributed by atoms with Crippen molar-refractivity contribution in [3.05, 3.63) is 33.5 Å². The van der Waals surface area contributed by atoms with E-state index in [9.17, 15) is 4.79 Å². The first-order valence-corrected chi connectivity index (χ1v) is 10.5. The number of fused-ring (bicyclic) bond motifs is 1. The number of hydrogen-bond acceptors (Lipinski definition) is 6. The van der Waals surface area contributed by atoms with Crippen molar-refractivity contribution >= 4 is 28.8 Å². The van der Waals surface area contributed by atoms with Crippen LogP contribution in [0.4, 0.5) is 0 Å². The smallest absolute Gasteiger partial charge is 0.230 e. The normalized spacial score (nSPS) is 25.0. The molecule has 0 bridgehead atoms. The second kappa shape index (κ2) is 7.87. The summed E-state index contributed by atoms with van der Waals surface area (Å²) in [5.74, 6) is 0.377. The van der Waals surface area contributed by atoms with E-state index in [1.54, 1.807) is 28.4 Å². The first-order valence-electron chi connectivity index (χ1n) is 9.22. The summed E-state index contributed by atoms with van der Waals surface area (Å²) in [6.45, 7) is 7.08. The Labute approximate surface area is 167 Å². The van der Waals surface area contributed by atoms with Gasteiger partial charge in [0, 0.05) is 49.7 Å². The quantitative estimate of drug-likeness (QED) is 0.708. The zero-order valence-electron chi connectivity index (χ0n) is 15.4. The van der Waals surface area contributed by atoms with Gasteiger partial charge in [-0.15, -0.1) is 11.3 Å². The number of nitrogens with one attached hydrogen (secondary N) is 1. The number of aryl methyl sites for hydroxylation is 2. The Bertz CT molecular complexity index is 809. The summed E-state index contributed by atoms with van der Waals surface area (Å²) in [5, 5.41) is 7.91. The van der Waals surface area contributed by atoms with Crippen LogP contribution in [-0.4, -0.2) is 58.4 Å². The van der Waals surface area contributed by atoms with Gasteiger partial charge in [0.2, 0.25) is 5.91 Å². The first kappa shape index (κ1) is 18.9. The zero-order valence-corrected chi connectivity index (χ0v) is 16.9. The summed E-state index contributed by atoms with van der Waals surface area (Å²) in [6, 6.07) is 0. The Morgan fingerprint density at radius 1 is 1.56 bits per heavy atom. The molecule has 2 fully saturated rings. The summed E-state index contributed by atoms with van der Waals surface area (Å²) in [5.41, 5.74) is 2.55. The molecule has 2 aliphatic heterocycles. The minimum atomic E-state index is -0.423. The third-order valence-corrected chi connectivity index (χ3v) is 6.68. The van der Waals surface area contributed by atoms with Crippen LogP contribution in [0.2, 0.25) is 5.02 Å². The van der Waals surface area contributed by atoms with Gasteiger partial charge < -0.3 is 10.1 Å². The van der Waals surface area contributed by atoms with Crippen LogP contribution in [0, 0.1) is 18.3 Å². The van der Waals surface area contributed by atoms with Gasteiger partial charge in [0.25, 0.3) is 0 Å². The minimum absolute atomic E-state index is 0.118. The molecule has 27 heavy (non-hydrogen) atoms. The van der Waals surface area contributed by atoms with E-state index in [2.05, 4.69) is 20.3 Å². The fourth-order valence-electron chi connectivity index (χ4n) is 4.04. The summed E-state index contributed by atoms with van der Waals surface area (Å²) < 4.78 is 7.49. The molecule has 2 aromatic heterocycles. The molecular formula is C18H24ClN5O2S. The van der Waals surface area contributed by atoms with Crippen molar-refractivity contribution in [3.63, 3.8) is 0 Å². The number of amides is 1. The molecular weight excluding hydrogens is 386 g/mol. The third-order valence-electron chi connectivity index (χ3n) is 5.56. The lowest BCUT2D eigenvalue weighted by Crippen LogP contribution is -2.47. The molecule has 2 atom stereocenters. The molecule has 9 heteroatoms. The average Bonchev–Trinajstić information content (AvgIpc) is 3.38. The molecule has 4 heterocycles. The number of rotatable bonds is 7. The number of aromatic nitrogens is 3. The van der Waals surface area contributed by atoms with Crippen LogP contribution in [-0.2, 0) is 22.6 Å². The van der Waals surface area contributed by atoms with E-state index in [0.717, 1.165) is 38.3 Å². The largest absolute Gasteiger partial charge is 0.380 e. The molecule has 7 nitrogen and oxygen atoms in total. The van der Waals surface area contributed by atoms with Gasteiger partial charge in [-0.3, -0.25) is 14.4 Å². The van der Waals surface area contributed by atoms with Crippen LogP contribution in [0.25, 0.3) is 0 Å². The first-order chi connectivity index (χ1) is 13.1. The predicted molar refractivity (Wildman–Crippen MR) is 104 cm³/mol. The molecule has 146 valence electrons. The van der Waals surface area contributed by atoms with Crippen LogP contribution in [0.1, 0.15) is 17.0 Å². The fraction of sp³-hybridized carbons (Fsp3) is 0.611. The summed E-state index contributed by atoms with van der Waals surface area (Å²) in [7, 11) is 0. The third kappa shape index (κ3) is 3.89. The van der Waals surface area contributed by atoms with E-state index in [4.69, 9.17) is 16.3 Å². The standard InChI is InChI=1S/C18H24ClN5O2S/c1-13-16(27-12-21-13)8-23-6-14-9-26-11-18(14,10-23)17(25)20-3-2-4-24-7-15(19)5-22-24/h5,7,12,14H,2-4,6,8-11H2,1H3,(H,20,25)/t14-,18-/m1/s1. The molecule has 0 unspecified atom stereocenters. The summed E-state index contributed by atoms with van der Waals surface area (Å²) in [6.07, 6.45) is 4.23. The van der Waals surface area contributed by atoms with Crippen molar-refractivity contribution < 1.29 is 9.53 Å². The number of hydrogen-bond donors (Lipinski definition) is 1. The van der Waals surface area contributed by atoms with Gasteiger partial charge in [0.15, 0.2) is 0 Å². The van der Waals surface area contributed by atoms with Gasteiger partial charge >= 0.3 is 0 Å². The summed E-state index contributed by atoms with van der Waals surface area (Å²) in [4.78, 5) is 21.0. The van der Waals surface area contributed by atoms with Crippen molar-refractivity contribution in [3.8, 4) is 0 Å². The molecule has 0 aliphatic carbocycles. The molecule has 0 radical (unpaired) electrons. The van der Waals surface area contributed by atoms with Crippen molar-refractivity contribution in [1.29, 1.82) is 0 Å². The van der Waals surface area contributed by atoms with Crippen molar-refractivity contribution in [1.82, 2.24) is 25.0 Å². The Hall–Kier alpha value is -1.48. The van der Waals surface area contributed by atoms with Crippen molar-refractivity contribution in [2.24, 2.45) is 11.3 Å². The summed E-state index contributed by atoms with van der Waals surface area (Å²) >= 11 is 7.56. The molecule has 0 spiro atoms. The van der Waals surface area contributed by atoms with Crippen LogP contribution in [0.15, 0.2) is 17.9 Å². The second-order valence-electron chi connectivity index (χ2n) is 7.43. The average molecular weight is 410 g/mol. The van der Waals surface area contributed by atoms with E-state index >= 15 is 0 Å². The van der Waals surface area contributed by atoms with Gasteiger partial charge in [0.1, 0.15) is 0 Å². The SMILES string of the molecule is Cc1ncsc1CN1C[C@@H]2COC[C@]2(C(=O)NCCCn2cc(Cl)cn2)C1. The van der Waals surface area contributed by atoms with Crippen molar-refractivity contribution in [2.45, 2.75) is 26.4 Å². The maximum absolute atomic E-state index is 13.0. The Kier molecular flexibility index (Phi) is 5.50. The Balaban J connectivity index is 1.31. The number of halogens is 1. The Morgan fingerprint density at radius 3 is 3.19 bits per heavy atom. The molecule has 2 aliphatic rings. The highest BCUT2D eigenvalue weighted by atomic mass is 35.5. The Morgan fingerprint density at radius 2 is 2.44 bits per heavy atom. The maximum atomic E-state index is 13.0. The maximum Gasteiger partial charge on any atom is 0.230 e. The highest BCUT2D eigenvalue weighted by molar-refractivity contribution is 7.09. The molecule has 0 aromatic carbocycles. The van der Waals surface area contributed by atoms with Crippen LogP contribution in [0.5, 0.6) is 0 Å². The highest BCUT2D eigenvalue weighted by Crippen LogP contribution is 2.42. The van der Waals surface area contributed by atoms with E-state index in [1.165, 1.54) is 4.88 Å². The minimum Gasteiger partial charge on any atom is -0.380 e. The lowest BCUT2D eigenvalue weighted by Gasteiger charge is -2.26. The van der Waals surface area contributed by atoms with E-state index < -0.39 is 5.41 Å². The van der Waals surface area contributed by atoms with Gasteiger partial charge in [-0.05, 0) is 13.3 Å². The predicted octanol–water partition coefficient (Wildman–Crippen LogP) is 1.96. The van der Waals surface area contributed by atoms with Gasteiger partial charge in [-0.1, -0.05) is 11.6 Å². The van der Waals surface area contributed by atoms with Gasteiger partial charge in [-0.25, -0.2) is 4.98 Å². The van der Waals surface area contributed by atoms with Crippen molar-refractivity contribution in [2.75, 3.05) is 32.8 Å². The van der Waals surface area contributed by atoms with E-state index in [-0.39, 0.29) is 11.8 Å². The van der Waals surface area contributed by atoms with E-state index in [0.29, 0.717) is 24.8 Å². The van der Waals surface area contributed by atoms with Crippen LogP contribution < -0.4 is 5.32 Å². The highest BCUT2D eigenvalue weighted by Gasteiger charge is 2.55. The molecule has 4 rings (SSSR count). The number of thiazole rings is 1. The number of likely N-dealkylation sites (tertiary alicyclic amines) is 1. The van der Waals surface area contributed by atoms with Crippen LogP contribution in [0.3, 0.4) is 0 Å². The topological polar surface area (TPSA) is 72.3 Å². The molecule has 0 saturated carbocycles. The van der Waals surface area contributed by atoms with Gasteiger partial charge in [0.05, 0.1) is 41.1 Å². The fourth-order valence-corrected chi connectivity index (χ4v) is 5.02. The monoisotopic (exact) mass is 409 g/mol. The number of carbonyl (C=O) groups excluding carboxylic acids is 1. The second-order valence-corrected chi connectivity index (χ2v) is 8.81. The number of nitrogens with zero attached hydrogens (tertiary/aromatic N) is 4. The number of carbonyl (C=O) groups is 1. The molecule has 2 saturated heterocycles. The lowest BCUT2D eigenvalue weighted by molar-refractivity contribution is -0.131. The zero-order chi connectivity index (χ0) is 18.9. The molecule has 1 N–H and O–H groups in total. The van der Waals surface area contributed by atoms with Gasteiger partial charge in [-0.2, -0.15) is 5.10 Å². The lowest BCUT2D eigenvalue weighted by atomic mass is 9.80. The molecule has 1 amide bonds. The van der Waals surface area contributed by atoms with Crippen LogP contribution >= 0.6 is 22.9 Å².